The zero-order chi connectivity index (χ0) is 15.0. The summed E-state index contributed by atoms with van der Waals surface area (Å²) in [6.45, 7) is 2.07. The third-order valence-corrected chi connectivity index (χ3v) is 4.09. The maximum absolute atomic E-state index is 13.9. The summed E-state index contributed by atoms with van der Waals surface area (Å²) < 4.78 is 27.9. The molecule has 3 rings (SSSR count). The van der Waals surface area contributed by atoms with Crippen LogP contribution in [0, 0.1) is 18.6 Å². The van der Waals surface area contributed by atoms with Crippen molar-refractivity contribution in [2.45, 2.75) is 23.5 Å². The molecule has 3 nitrogen and oxygen atoms in total. The highest BCUT2D eigenvalue weighted by atomic mass is 32.2. The molecule has 0 saturated carbocycles. The van der Waals surface area contributed by atoms with Gasteiger partial charge in [-0.2, -0.15) is 0 Å². The molecule has 0 atom stereocenters. The number of fused-ring (bicyclic) bond motifs is 1. The van der Waals surface area contributed by atoms with E-state index in [2.05, 4.69) is 9.97 Å². The highest BCUT2D eigenvalue weighted by Crippen LogP contribution is 2.32. The molecular weight excluding hydrogens is 292 g/mol. The quantitative estimate of drug-likeness (QED) is 0.774. The van der Waals surface area contributed by atoms with Crippen molar-refractivity contribution < 1.29 is 8.78 Å². The summed E-state index contributed by atoms with van der Waals surface area (Å²) >= 11 is 0.934. The SMILES string of the molecule is Cc1ccc2nc(Sc3c(F)cc(CN)cc3F)[nH]c2c1. The number of halogens is 2. The first-order chi connectivity index (χ1) is 10.1. The Balaban J connectivity index is 1.98. The molecule has 0 radical (unpaired) electrons. The molecule has 108 valence electrons. The number of rotatable bonds is 3. The fourth-order valence-electron chi connectivity index (χ4n) is 2.07. The Morgan fingerprint density at radius 2 is 1.90 bits per heavy atom. The Hall–Kier alpha value is -1.92. The number of hydrogen-bond acceptors (Lipinski definition) is 3. The molecule has 0 spiro atoms. The van der Waals surface area contributed by atoms with Crippen LogP contribution < -0.4 is 5.73 Å². The second kappa shape index (κ2) is 5.46. The number of benzene rings is 2. The number of nitrogens with zero attached hydrogens (tertiary/aromatic N) is 1. The molecule has 0 amide bonds. The fourth-order valence-corrected chi connectivity index (χ4v) is 2.88. The van der Waals surface area contributed by atoms with E-state index in [-0.39, 0.29) is 11.4 Å². The number of imidazole rings is 1. The zero-order valence-corrected chi connectivity index (χ0v) is 12.1. The third kappa shape index (κ3) is 2.77. The van der Waals surface area contributed by atoms with Gasteiger partial charge >= 0.3 is 0 Å². The van der Waals surface area contributed by atoms with Gasteiger partial charge in [0.25, 0.3) is 0 Å². The van der Waals surface area contributed by atoms with Crippen LogP contribution in [0.2, 0.25) is 0 Å². The van der Waals surface area contributed by atoms with Gasteiger partial charge in [0.05, 0.1) is 15.9 Å². The minimum Gasteiger partial charge on any atom is -0.333 e. The summed E-state index contributed by atoms with van der Waals surface area (Å²) in [5, 5.41) is 0.453. The van der Waals surface area contributed by atoms with Crippen molar-refractivity contribution in [2.75, 3.05) is 0 Å². The van der Waals surface area contributed by atoms with Crippen LogP contribution in [0.15, 0.2) is 40.4 Å². The fraction of sp³-hybridized carbons (Fsp3) is 0.133. The van der Waals surface area contributed by atoms with Crippen LogP contribution in [0.1, 0.15) is 11.1 Å². The van der Waals surface area contributed by atoms with E-state index in [0.29, 0.717) is 10.7 Å². The molecule has 0 saturated heterocycles. The summed E-state index contributed by atoms with van der Waals surface area (Å²) in [6.07, 6.45) is 0. The average Bonchev–Trinajstić information content (AvgIpc) is 2.84. The lowest BCUT2D eigenvalue weighted by Gasteiger charge is -2.05. The van der Waals surface area contributed by atoms with E-state index >= 15 is 0 Å². The number of aryl methyl sites for hydroxylation is 1. The molecule has 1 heterocycles. The predicted molar refractivity (Wildman–Crippen MR) is 79.2 cm³/mol. The number of aromatic nitrogens is 2. The Kier molecular flexibility index (Phi) is 3.65. The molecule has 2 aromatic carbocycles. The summed E-state index contributed by atoms with van der Waals surface area (Å²) in [5.74, 6) is -1.26. The van der Waals surface area contributed by atoms with Crippen molar-refractivity contribution in [3.05, 3.63) is 53.1 Å². The second-order valence-corrected chi connectivity index (χ2v) is 5.76. The molecular formula is C15H13F2N3S. The van der Waals surface area contributed by atoms with E-state index in [0.717, 1.165) is 28.4 Å². The number of nitrogens with one attached hydrogen (secondary N) is 1. The maximum atomic E-state index is 13.9. The summed E-state index contributed by atoms with van der Waals surface area (Å²) in [7, 11) is 0. The molecule has 3 N–H and O–H groups in total. The van der Waals surface area contributed by atoms with Gasteiger partial charge in [-0.25, -0.2) is 13.8 Å². The lowest BCUT2D eigenvalue weighted by Crippen LogP contribution is -1.99. The topological polar surface area (TPSA) is 54.7 Å². The Labute approximate surface area is 124 Å². The average molecular weight is 305 g/mol. The predicted octanol–water partition coefficient (Wildman–Crippen LogP) is 3.76. The van der Waals surface area contributed by atoms with Crippen LogP contribution in [-0.2, 0) is 6.54 Å². The van der Waals surface area contributed by atoms with Crippen LogP contribution in [0.3, 0.4) is 0 Å². The van der Waals surface area contributed by atoms with E-state index in [4.69, 9.17) is 5.73 Å². The standard InChI is InChI=1S/C15H13F2N3S/c1-8-2-3-12-13(4-8)20-15(19-12)21-14-10(16)5-9(7-18)6-11(14)17/h2-6H,7,18H2,1H3,(H,19,20). The van der Waals surface area contributed by atoms with Crippen molar-refractivity contribution in [3.8, 4) is 0 Å². The first-order valence-corrected chi connectivity index (χ1v) is 7.20. The third-order valence-electron chi connectivity index (χ3n) is 3.11. The first kappa shape index (κ1) is 14.0. The van der Waals surface area contributed by atoms with Gasteiger partial charge in [-0.3, -0.25) is 0 Å². The van der Waals surface area contributed by atoms with E-state index in [1.807, 2.05) is 25.1 Å². The normalized spacial score (nSPS) is 11.2. The van der Waals surface area contributed by atoms with Gasteiger partial charge in [0.2, 0.25) is 0 Å². The largest absolute Gasteiger partial charge is 0.333 e. The zero-order valence-electron chi connectivity index (χ0n) is 11.3. The van der Waals surface area contributed by atoms with Gasteiger partial charge in [-0.05, 0) is 54.1 Å². The van der Waals surface area contributed by atoms with Crippen LogP contribution in [-0.4, -0.2) is 9.97 Å². The number of H-pyrrole nitrogens is 1. The lowest BCUT2D eigenvalue weighted by molar-refractivity contribution is 0.537. The van der Waals surface area contributed by atoms with Gasteiger partial charge < -0.3 is 10.7 Å². The van der Waals surface area contributed by atoms with Gasteiger partial charge in [-0.1, -0.05) is 6.07 Å². The number of nitrogens with two attached hydrogens (primary N) is 1. The Morgan fingerprint density at radius 1 is 1.19 bits per heavy atom. The molecule has 0 bridgehead atoms. The molecule has 1 aromatic heterocycles. The van der Waals surface area contributed by atoms with E-state index < -0.39 is 11.6 Å². The monoisotopic (exact) mass is 305 g/mol. The van der Waals surface area contributed by atoms with Gasteiger partial charge in [0.1, 0.15) is 11.6 Å². The highest BCUT2D eigenvalue weighted by molar-refractivity contribution is 7.99. The van der Waals surface area contributed by atoms with E-state index in [1.165, 1.54) is 12.1 Å². The minimum absolute atomic E-state index is 0.0806. The first-order valence-electron chi connectivity index (χ1n) is 6.39. The van der Waals surface area contributed by atoms with Gasteiger partial charge in [0, 0.05) is 6.54 Å². The van der Waals surface area contributed by atoms with Crippen molar-refractivity contribution in [2.24, 2.45) is 5.73 Å². The lowest BCUT2D eigenvalue weighted by atomic mass is 10.2. The van der Waals surface area contributed by atoms with Crippen molar-refractivity contribution in [1.29, 1.82) is 0 Å². The van der Waals surface area contributed by atoms with Gasteiger partial charge in [0.15, 0.2) is 5.16 Å². The van der Waals surface area contributed by atoms with Crippen molar-refractivity contribution in [1.82, 2.24) is 9.97 Å². The molecule has 0 aliphatic carbocycles. The minimum atomic E-state index is -0.628. The molecule has 0 unspecified atom stereocenters. The summed E-state index contributed by atoms with van der Waals surface area (Å²) in [6, 6.07) is 8.25. The Morgan fingerprint density at radius 3 is 2.57 bits per heavy atom. The molecule has 21 heavy (non-hydrogen) atoms. The van der Waals surface area contributed by atoms with Gasteiger partial charge in [-0.15, -0.1) is 0 Å². The highest BCUT2D eigenvalue weighted by Gasteiger charge is 2.14. The van der Waals surface area contributed by atoms with Crippen LogP contribution >= 0.6 is 11.8 Å². The summed E-state index contributed by atoms with van der Waals surface area (Å²) in [4.78, 5) is 7.30. The van der Waals surface area contributed by atoms with Crippen LogP contribution in [0.25, 0.3) is 11.0 Å². The van der Waals surface area contributed by atoms with Crippen molar-refractivity contribution in [3.63, 3.8) is 0 Å². The number of hydrogen-bond donors (Lipinski definition) is 2. The molecule has 0 aliphatic rings. The number of aromatic amines is 1. The Bertz CT molecular complexity index is 791. The molecule has 0 aliphatic heterocycles. The van der Waals surface area contributed by atoms with Crippen LogP contribution in [0.4, 0.5) is 8.78 Å². The molecule has 3 aromatic rings. The van der Waals surface area contributed by atoms with E-state index in [1.54, 1.807) is 0 Å². The second-order valence-electron chi connectivity index (χ2n) is 4.76. The smallest absolute Gasteiger partial charge is 0.171 e. The van der Waals surface area contributed by atoms with Crippen LogP contribution in [0.5, 0.6) is 0 Å². The van der Waals surface area contributed by atoms with E-state index in [9.17, 15) is 8.78 Å². The molecule has 0 fully saturated rings. The maximum Gasteiger partial charge on any atom is 0.171 e. The molecule has 6 heteroatoms. The van der Waals surface area contributed by atoms with Crippen molar-refractivity contribution >= 4 is 22.8 Å². The summed E-state index contributed by atoms with van der Waals surface area (Å²) in [5.41, 5.74) is 8.52.